The molecule has 1 aromatic carbocycles. The van der Waals surface area contributed by atoms with Gasteiger partial charge in [-0.2, -0.15) is 4.31 Å². The molecule has 7 heteroatoms. The number of hydrogen-bond acceptors (Lipinski definition) is 3. The summed E-state index contributed by atoms with van der Waals surface area (Å²) in [5, 5.41) is -0.257. The molecule has 2 unspecified atom stereocenters. The van der Waals surface area contributed by atoms with E-state index in [0.717, 1.165) is 38.2 Å². The van der Waals surface area contributed by atoms with Gasteiger partial charge < -0.3 is 5.73 Å². The number of benzene rings is 1. The highest BCUT2D eigenvalue weighted by atomic mass is 35.5. The monoisotopic (exact) mass is 332 g/mol. The molecule has 0 amide bonds. The predicted octanol–water partition coefficient (Wildman–Crippen LogP) is 3.01. The standard InChI is InChI=1S/C14H18ClFN2O2S/c15-11-7-10(17)8-13(14(11)16)21(19,20)18-6-5-9-3-1-2-4-12(9)18/h7-9,12H,1-6,17H2. The van der Waals surface area contributed by atoms with Crippen LogP contribution in [0, 0.1) is 11.7 Å². The third-order valence-electron chi connectivity index (χ3n) is 4.56. The Hall–Kier alpha value is -0.850. The number of anilines is 1. The summed E-state index contributed by atoms with van der Waals surface area (Å²) in [7, 11) is -3.89. The molecule has 0 radical (unpaired) electrons. The summed E-state index contributed by atoms with van der Waals surface area (Å²) in [6.07, 6.45) is 4.92. The van der Waals surface area contributed by atoms with Gasteiger partial charge >= 0.3 is 0 Å². The van der Waals surface area contributed by atoms with Crippen LogP contribution in [0.15, 0.2) is 17.0 Å². The first-order valence-corrected chi connectivity index (χ1v) is 8.99. The molecule has 1 saturated heterocycles. The third kappa shape index (κ3) is 2.53. The number of sulfonamides is 1. The van der Waals surface area contributed by atoms with Gasteiger partial charge in [-0.1, -0.05) is 24.4 Å². The average molecular weight is 333 g/mol. The second kappa shape index (κ2) is 5.41. The van der Waals surface area contributed by atoms with Crippen LogP contribution < -0.4 is 5.73 Å². The van der Waals surface area contributed by atoms with E-state index in [-0.39, 0.29) is 16.8 Å². The third-order valence-corrected chi connectivity index (χ3v) is 6.76. The highest BCUT2D eigenvalue weighted by Crippen LogP contribution is 2.40. The molecule has 2 N–H and O–H groups in total. The van der Waals surface area contributed by atoms with E-state index in [1.807, 2.05) is 0 Å². The second-order valence-corrected chi connectivity index (χ2v) is 8.10. The molecule has 1 heterocycles. The van der Waals surface area contributed by atoms with Crippen molar-refractivity contribution in [2.24, 2.45) is 5.92 Å². The van der Waals surface area contributed by atoms with E-state index in [1.165, 1.54) is 10.4 Å². The maximum atomic E-state index is 14.2. The molecule has 1 aliphatic heterocycles. The van der Waals surface area contributed by atoms with Crippen molar-refractivity contribution >= 4 is 27.3 Å². The van der Waals surface area contributed by atoms with Crippen molar-refractivity contribution in [2.45, 2.75) is 43.0 Å². The number of nitrogens with two attached hydrogens (primary N) is 1. The van der Waals surface area contributed by atoms with Gasteiger partial charge in [0.15, 0.2) is 5.82 Å². The highest BCUT2D eigenvalue weighted by Gasteiger charge is 2.43. The quantitative estimate of drug-likeness (QED) is 0.847. The topological polar surface area (TPSA) is 63.4 Å². The van der Waals surface area contributed by atoms with E-state index < -0.39 is 20.7 Å². The zero-order chi connectivity index (χ0) is 15.2. The zero-order valence-corrected chi connectivity index (χ0v) is 13.1. The van der Waals surface area contributed by atoms with Crippen molar-refractivity contribution < 1.29 is 12.8 Å². The number of rotatable bonds is 2. The van der Waals surface area contributed by atoms with Crippen LogP contribution in [0.2, 0.25) is 5.02 Å². The van der Waals surface area contributed by atoms with Crippen LogP contribution in [0.1, 0.15) is 32.1 Å². The van der Waals surface area contributed by atoms with Gasteiger partial charge in [0.1, 0.15) is 4.90 Å². The number of fused-ring (bicyclic) bond motifs is 1. The smallest absolute Gasteiger partial charge is 0.246 e. The fraction of sp³-hybridized carbons (Fsp3) is 0.571. The van der Waals surface area contributed by atoms with E-state index >= 15 is 0 Å². The van der Waals surface area contributed by atoms with Crippen LogP contribution in [0.5, 0.6) is 0 Å². The molecule has 21 heavy (non-hydrogen) atoms. The highest BCUT2D eigenvalue weighted by molar-refractivity contribution is 7.89. The lowest BCUT2D eigenvalue weighted by Crippen LogP contribution is -2.39. The largest absolute Gasteiger partial charge is 0.399 e. The number of hydrogen-bond donors (Lipinski definition) is 1. The van der Waals surface area contributed by atoms with Gasteiger partial charge in [-0.3, -0.25) is 0 Å². The lowest BCUT2D eigenvalue weighted by atomic mass is 9.86. The maximum Gasteiger partial charge on any atom is 0.246 e. The van der Waals surface area contributed by atoms with Crippen LogP contribution in [0.4, 0.5) is 10.1 Å². The molecule has 116 valence electrons. The minimum Gasteiger partial charge on any atom is -0.399 e. The normalized spacial score (nSPS) is 26.8. The van der Waals surface area contributed by atoms with Crippen molar-refractivity contribution in [3.8, 4) is 0 Å². The van der Waals surface area contributed by atoms with Crippen LogP contribution in [0.25, 0.3) is 0 Å². The van der Waals surface area contributed by atoms with Crippen molar-refractivity contribution in [1.29, 1.82) is 0 Å². The first-order valence-electron chi connectivity index (χ1n) is 7.17. The fourth-order valence-electron chi connectivity index (χ4n) is 3.56. The van der Waals surface area contributed by atoms with Gasteiger partial charge in [0.2, 0.25) is 10.0 Å². The van der Waals surface area contributed by atoms with Gasteiger partial charge in [0, 0.05) is 18.3 Å². The van der Waals surface area contributed by atoms with E-state index in [1.54, 1.807) is 0 Å². The van der Waals surface area contributed by atoms with Gasteiger partial charge in [-0.25, -0.2) is 12.8 Å². The van der Waals surface area contributed by atoms with Gasteiger partial charge in [-0.15, -0.1) is 0 Å². The average Bonchev–Trinajstić information content (AvgIpc) is 2.87. The molecule has 0 aromatic heterocycles. The molecular weight excluding hydrogens is 315 g/mol. The molecule has 1 saturated carbocycles. The number of nitrogens with zero attached hydrogens (tertiary/aromatic N) is 1. The van der Waals surface area contributed by atoms with Crippen molar-refractivity contribution in [2.75, 3.05) is 12.3 Å². The lowest BCUT2D eigenvalue weighted by molar-refractivity contribution is 0.260. The van der Waals surface area contributed by atoms with Crippen LogP contribution in [-0.4, -0.2) is 25.3 Å². The van der Waals surface area contributed by atoms with E-state index in [4.69, 9.17) is 17.3 Å². The Morgan fingerprint density at radius 1 is 1.24 bits per heavy atom. The Morgan fingerprint density at radius 3 is 2.71 bits per heavy atom. The predicted molar refractivity (Wildman–Crippen MR) is 80.1 cm³/mol. The molecule has 1 aliphatic carbocycles. The molecule has 4 nitrogen and oxygen atoms in total. The first-order chi connectivity index (χ1) is 9.91. The minimum atomic E-state index is -3.89. The fourth-order valence-corrected chi connectivity index (χ4v) is 5.70. The van der Waals surface area contributed by atoms with Crippen LogP contribution >= 0.6 is 11.6 Å². The summed E-state index contributed by atoms with van der Waals surface area (Å²) in [6, 6.07) is 2.37. The van der Waals surface area contributed by atoms with Crippen LogP contribution in [0.3, 0.4) is 0 Å². The first kappa shape index (κ1) is 15.1. The molecule has 2 atom stereocenters. The van der Waals surface area contributed by atoms with Crippen molar-refractivity contribution in [3.05, 3.63) is 23.0 Å². The van der Waals surface area contributed by atoms with Gasteiger partial charge in [0.25, 0.3) is 0 Å². The Morgan fingerprint density at radius 2 is 1.95 bits per heavy atom. The molecular formula is C14H18ClFN2O2S. The molecule has 3 rings (SSSR count). The van der Waals surface area contributed by atoms with Crippen molar-refractivity contribution in [3.63, 3.8) is 0 Å². The molecule has 0 bridgehead atoms. The maximum absolute atomic E-state index is 14.2. The number of halogens is 2. The molecule has 1 aromatic rings. The number of nitrogen functional groups attached to an aromatic ring is 1. The Bertz CT molecular complexity index is 665. The summed E-state index contributed by atoms with van der Waals surface area (Å²) >= 11 is 5.73. The zero-order valence-electron chi connectivity index (χ0n) is 11.6. The second-order valence-electron chi connectivity index (χ2n) is 5.83. The van der Waals surface area contributed by atoms with Crippen molar-refractivity contribution in [1.82, 2.24) is 4.31 Å². The molecule has 2 aliphatic rings. The summed E-state index contributed by atoms with van der Waals surface area (Å²) in [5.41, 5.74) is 5.77. The molecule has 0 spiro atoms. The lowest BCUT2D eigenvalue weighted by Gasteiger charge is -2.31. The van der Waals surface area contributed by atoms with E-state index in [9.17, 15) is 12.8 Å². The minimum absolute atomic E-state index is 0.0108. The summed E-state index contributed by atoms with van der Waals surface area (Å²) < 4.78 is 41.2. The van der Waals surface area contributed by atoms with Gasteiger partial charge in [0.05, 0.1) is 5.02 Å². The Kier molecular flexibility index (Phi) is 3.88. The SMILES string of the molecule is Nc1cc(Cl)c(F)c(S(=O)(=O)N2CCC3CCCCC32)c1. The summed E-state index contributed by atoms with van der Waals surface area (Å²) in [4.78, 5) is -0.404. The summed E-state index contributed by atoms with van der Waals surface area (Å²) in [5.74, 6) is -0.516. The summed E-state index contributed by atoms with van der Waals surface area (Å²) in [6.45, 7) is 0.448. The molecule has 2 fully saturated rings. The Balaban J connectivity index is 2.01. The van der Waals surface area contributed by atoms with E-state index in [2.05, 4.69) is 0 Å². The van der Waals surface area contributed by atoms with Crippen LogP contribution in [-0.2, 0) is 10.0 Å². The Labute approximate surface area is 129 Å². The van der Waals surface area contributed by atoms with E-state index in [0.29, 0.717) is 12.5 Å². The van der Waals surface area contributed by atoms with Gasteiger partial charge in [-0.05, 0) is 37.3 Å².